The van der Waals surface area contributed by atoms with Gasteiger partial charge >= 0.3 is 6.36 Å². The van der Waals surface area contributed by atoms with Gasteiger partial charge in [-0.25, -0.2) is 4.52 Å². The molecule has 9 heteroatoms. The molecule has 0 bridgehead atoms. The summed E-state index contributed by atoms with van der Waals surface area (Å²) in [5, 5.41) is 7.35. The maximum atomic E-state index is 13.1. The predicted octanol–water partition coefficient (Wildman–Crippen LogP) is 7.52. The minimum atomic E-state index is -4.70. The topological polar surface area (TPSA) is 58.9 Å². The second-order valence-electron chi connectivity index (χ2n) is 10.8. The molecule has 220 valence electrons. The number of hydrogen-bond donors (Lipinski definition) is 1. The lowest BCUT2D eigenvalue weighted by Gasteiger charge is -2.35. The number of pyridine rings is 1. The Hall–Kier alpha value is -4.79. The Bertz CT molecular complexity index is 1720. The number of alkyl halides is 3. The van der Waals surface area contributed by atoms with E-state index in [2.05, 4.69) is 51.2 Å². The number of carbonyl (C=O) groups excluding carboxylic acids is 1. The smallest absolute Gasteiger partial charge is 0.406 e. The van der Waals surface area contributed by atoms with Crippen LogP contribution in [0.1, 0.15) is 45.8 Å². The van der Waals surface area contributed by atoms with E-state index in [1.54, 1.807) is 22.8 Å². The number of ether oxygens (including phenoxy) is 1. The fourth-order valence-electron chi connectivity index (χ4n) is 5.81. The minimum absolute atomic E-state index is 0.175. The molecule has 0 aliphatic carbocycles. The first-order valence-corrected chi connectivity index (χ1v) is 14.3. The Labute approximate surface area is 247 Å². The number of halogens is 3. The Morgan fingerprint density at radius 1 is 0.977 bits per heavy atom. The number of amides is 1. The number of benzene rings is 3. The summed E-state index contributed by atoms with van der Waals surface area (Å²) in [5.74, 6) is -0.121. The molecule has 0 atom stereocenters. The van der Waals surface area contributed by atoms with Crippen molar-refractivity contribution in [3.8, 4) is 16.9 Å². The van der Waals surface area contributed by atoms with Crippen molar-refractivity contribution in [3.63, 3.8) is 0 Å². The normalized spacial score (nSPS) is 14.2. The number of aryl methyl sites for hydroxylation is 1. The van der Waals surface area contributed by atoms with E-state index < -0.39 is 6.36 Å². The van der Waals surface area contributed by atoms with Gasteiger partial charge in [0.25, 0.3) is 5.91 Å². The number of nitrogens with one attached hydrogen (secondary N) is 1. The SMILES string of the molecule is Cc1cc(N2CCC(c3ccc(OC(F)(F)F)cc3)CC2)c(-c2ccccc2)cc1CNC(=O)c1cnn2ccccc12. The quantitative estimate of drug-likeness (QED) is 0.215. The van der Waals surface area contributed by atoms with Crippen LogP contribution in [0.15, 0.2) is 97.3 Å². The summed E-state index contributed by atoms with van der Waals surface area (Å²) in [6.45, 7) is 4.07. The third-order valence-electron chi connectivity index (χ3n) is 8.07. The van der Waals surface area contributed by atoms with Crippen molar-refractivity contribution < 1.29 is 22.7 Å². The van der Waals surface area contributed by atoms with Crippen LogP contribution in [0.25, 0.3) is 16.6 Å². The zero-order valence-electron chi connectivity index (χ0n) is 23.6. The molecule has 1 N–H and O–H groups in total. The molecule has 6 rings (SSSR count). The molecule has 43 heavy (non-hydrogen) atoms. The van der Waals surface area contributed by atoms with Crippen molar-refractivity contribution in [2.75, 3.05) is 18.0 Å². The highest BCUT2D eigenvalue weighted by Gasteiger charge is 2.31. The molecule has 1 aliphatic rings. The van der Waals surface area contributed by atoms with Crippen LogP contribution in [-0.2, 0) is 6.54 Å². The molecule has 0 unspecified atom stereocenters. The van der Waals surface area contributed by atoms with Crippen LogP contribution in [-0.4, -0.2) is 35.0 Å². The molecule has 1 amide bonds. The van der Waals surface area contributed by atoms with E-state index >= 15 is 0 Å². The Morgan fingerprint density at radius 3 is 2.42 bits per heavy atom. The molecule has 1 saturated heterocycles. The lowest BCUT2D eigenvalue weighted by Crippen LogP contribution is -2.33. The first-order valence-electron chi connectivity index (χ1n) is 14.3. The maximum absolute atomic E-state index is 13.1. The fraction of sp³-hybridized carbons (Fsp3) is 0.235. The van der Waals surface area contributed by atoms with Crippen molar-refractivity contribution >= 4 is 17.1 Å². The van der Waals surface area contributed by atoms with Gasteiger partial charge in [-0.15, -0.1) is 13.2 Å². The van der Waals surface area contributed by atoms with Gasteiger partial charge in [-0.05, 0) is 84.3 Å². The van der Waals surface area contributed by atoms with Gasteiger partial charge in [-0.2, -0.15) is 5.10 Å². The van der Waals surface area contributed by atoms with Crippen molar-refractivity contribution in [3.05, 3.63) is 120 Å². The third-order valence-corrected chi connectivity index (χ3v) is 8.07. The average molecular weight is 585 g/mol. The fourth-order valence-corrected chi connectivity index (χ4v) is 5.81. The van der Waals surface area contributed by atoms with Gasteiger partial charge < -0.3 is 15.0 Å². The average Bonchev–Trinajstić information content (AvgIpc) is 3.45. The van der Waals surface area contributed by atoms with E-state index in [1.165, 1.54) is 12.1 Å². The van der Waals surface area contributed by atoms with Crippen LogP contribution in [0.2, 0.25) is 0 Å². The van der Waals surface area contributed by atoms with E-state index in [0.29, 0.717) is 12.1 Å². The Kier molecular flexibility index (Phi) is 7.80. The Balaban J connectivity index is 1.19. The van der Waals surface area contributed by atoms with Crippen LogP contribution >= 0.6 is 0 Å². The lowest BCUT2D eigenvalue weighted by molar-refractivity contribution is -0.274. The summed E-state index contributed by atoms with van der Waals surface area (Å²) >= 11 is 0. The highest BCUT2D eigenvalue weighted by Crippen LogP contribution is 2.38. The van der Waals surface area contributed by atoms with Crippen LogP contribution in [0.3, 0.4) is 0 Å². The van der Waals surface area contributed by atoms with Crippen molar-refractivity contribution in [2.24, 2.45) is 0 Å². The highest BCUT2D eigenvalue weighted by atomic mass is 19.4. The molecule has 1 aliphatic heterocycles. The molecular weight excluding hydrogens is 553 g/mol. The molecule has 5 aromatic rings. The van der Waals surface area contributed by atoms with E-state index in [0.717, 1.165) is 65.0 Å². The van der Waals surface area contributed by atoms with Crippen molar-refractivity contribution in [1.82, 2.24) is 14.9 Å². The van der Waals surface area contributed by atoms with Gasteiger partial charge in [0, 0.05) is 37.1 Å². The summed E-state index contributed by atoms with van der Waals surface area (Å²) < 4.78 is 43.4. The summed E-state index contributed by atoms with van der Waals surface area (Å²) in [6.07, 6.45) is 0.462. The molecule has 6 nitrogen and oxygen atoms in total. The zero-order chi connectivity index (χ0) is 30.0. The Morgan fingerprint density at radius 2 is 1.70 bits per heavy atom. The maximum Gasteiger partial charge on any atom is 0.573 e. The summed E-state index contributed by atoms with van der Waals surface area (Å²) in [4.78, 5) is 15.5. The van der Waals surface area contributed by atoms with Crippen LogP contribution in [0.5, 0.6) is 5.75 Å². The number of carbonyl (C=O) groups is 1. The zero-order valence-corrected chi connectivity index (χ0v) is 23.6. The molecule has 0 saturated carbocycles. The number of fused-ring (bicyclic) bond motifs is 1. The van der Waals surface area contributed by atoms with Gasteiger partial charge in [0.1, 0.15) is 5.75 Å². The van der Waals surface area contributed by atoms with E-state index in [9.17, 15) is 18.0 Å². The molecule has 2 aromatic heterocycles. The molecular formula is C34H31F3N4O2. The first-order chi connectivity index (χ1) is 20.7. The first kappa shape index (κ1) is 28.3. The van der Waals surface area contributed by atoms with Crippen LogP contribution < -0.4 is 15.0 Å². The second kappa shape index (κ2) is 11.8. The van der Waals surface area contributed by atoms with Gasteiger partial charge in [0.15, 0.2) is 0 Å². The standard InChI is InChI=1S/C34H31F3N4O2/c1-23-19-32(40-17-14-25(15-18-40)24-10-12-28(13-11-24)43-34(35,36)37)29(26-7-3-2-4-8-26)20-27(23)21-38-33(42)30-22-39-41-16-6-5-9-31(30)41/h2-13,16,19-20,22,25H,14-15,17-18,21H2,1H3,(H,38,42). The van der Waals surface area contributed by atoms with Crippen LogP contribution in [0.4, 0.5) is 18.9 Å². The second-order valence-corrected chi connectivity index (χ2v) is 10.8. The third kappa shape index (κ3) is 6.35. The number of nitrogens with zero attached hydrogens (tertiary/aromatic N) is 3. The number of piperidine rings is 1. The lowest BCUT2D eigenvalue weighted by atomic mass is 9.88. The molecule has 0 radical (unpaired) electrons. The summed E-state index contributed by atoms with van der Waals surface area (Å²) in [7, 11) is 0. The van der Waals surface area contributed by atoms with Crippen molar-refractivity contribution in [2.45, 2.75) is 38.6 Å². The van der Waals surface area contributed by atoms with Gasteiger partial charge in [-0.3, -0.25) is 4.79 Å². The van der Waals surface area contributed by atoms with E-state index in [1.807, 2.05) is 42.6 Å². The van der Waals surface area contributed by atoms with E-state index in [-0.39, 0.29) is 17.6 Å². The van der Waals surface area contributed by atoms with Crippen LogP contribution in [0, 0.1) is 6.92 Å². The number of rotatable bonds is 7. The number of anilines is 1. The van der Waals surface area contributed by atoms with Gasteiger partial charge in [0.2, 0.25) is 0 Å². The van der Waals surface area contributed by atoms with E-state index in [4.69, 9.17) is 0 Å². The highest BCUT2D eigenvalue weighted by molar-refractivity contribution is 6.00. The summed E-state index contributed by atoms with van der Waals surface area (Å²) in [5.41, 5.74) is 7.74. The predicted molar refractivity (Wildman–Crippen MR) is 160 cm³/mol. The van der Waals surface area contributed by atoms with Gasteiger partial charge in [0.05, 0.1) is 17.3 Å². The largest absolute Gasteiger partial charge is 0.573 e. The summed E-state index contributed by atoms with van der Waals surface area (Å²) in [6, 6.07) is 26.4. The molecule has 3 aromatic carbocycles. The molecule has 0 spiro atoms. The molecule has 1 fully saturated rings. The number of hydrogen-bond acceptors (Lipinski definition) is 4. The number of aromatic nitrogens is 2. The minimum Gasteiger partial charge on any atom is -0.406 e. The van der Waals surface area contributed by atoms with Crippen molar-refractivity contribution in [1.29, 1.82) is 0 Å². The van der Waals surface area contributed by atoms with Gasteiger partial charge in [-0.1, -0.05) is 48.5 Å². The molecule has 3 heterocycles. The monoisotopic (exact) mass is 584 g/mol.